The Morgan fingerprint density at radius 3 is 3.00 bits per heavy atom. The lowest BCUT2D eigenvalue weighted by atomic mass is 9.87. The van der Waals surface area contributed by atoms with Gasteiger partial charge in [-0.3, -0.25) is 0 Å². The van der Waals surface area contributed by atoms with Gasteiger partial charge in [-0.25, -0.2) is 0 Å². The Bertz CT molecular complexity index is 619. The summed E-state index contributed by atoms with van der Waals surface area (Å²) in [5, 5.41) is 4.34. The molecular weight excluding hydrogens is 270 g/mol. The minimum atomic E-state index is 0.0482. The molecule has 1 N–H and O–H groups in total. The van der Waals surface area contributed by atoms with Gasteiger partial charge >= 0.3 is 0 Å². The highest BCUT2D eigenvalue weighted by molar-refractivity contribution is 6.31. The van der Waals surface area contributed by atoms with Crippen LogP contribution in [0.2, 0.25) is 0 Å². The maximum absolute atomic E-state index is 6.39. The van der Waals surface area contributed by atoms with Crippen LogP contribution in [0.4, 0.5) is 0 Å². The summed E-state index contributed by atoms with van der Waals surface area (Å²) >= 11 is 6.09. The molecule has 2 aliphatic carbocycles. The molecule has 4 atom stereocenters. The van der Waals surface area contributed by atoms with Crippen molar-refractivity contribution in [2.75, 3.05) is 6.54 Å². The van der Waals surface area contributed by atoms with Gasteiger partial charge in [-0.05, 0) is 23.3 Å². The molecule has 2 nitrogen and oxygen atoms in total. The van der Waals surface area contributed by atoms with Crippen LogP contribution < -0.4 is 5.32 Å². The first-order valence-corrected chi connectivity index (χ1v) is 7.40. The Morgan fingerprint density at radius 1 is 1.15 bits per heavy atom. The van der Waals surface area contributed by atoms with Gasteiger partial charge in [-0.1, -0.05) is 54.1 Å². The van der Waals surface area contributed by atoms with Crippen molar-refractivity contribution in [3.63, 3.8) is 0 Å². The van der Waals surface area contributed by atoms with Gasteiger partial charge in [0.05, 0.1) is 18.2 Å². The molecule has 0 amide bonds. The van der Waals surface area contributed by atoms with Crippen molar-refractivity contribution in [3.05, 3.63) is 64.7 Å². The van der Waals surface area contributed by atoms with Gasteiger partial charge in [0.15, 0.2) is 0 Å². The summed E-state index contributed by atoms with van der Waals surface area (Å²) < 4.78 is 6.39. The minimum absolute atomic E-state index is 0.0482. The maximum atomic E-state index is 6.39. The van der Waals surface area contributed by atoms with Crippen molar-refractivity contribution in [2.45, 2.75) is 18.2 Å². The Kier molecular flexibility index (Phi) is 3.03. The molecule has 1 aromatic rings. The van der Waals surface area contributed by atoms with E-state index in [-0.39, 0.29) is 18.2 Å². The Labute approximate surface area is 123 Å². The zero-order chi connectivity index (χ0) is 13.5. The summed E-state index contributed by atoms with van der Waals surface area (Å²) in [5.41, 5.74) is 2.55. The first-order chi connectivity index (χ1) is 9.81. The fourth-order valence-corrected chi connectivity index (χ4v) is 3.41. The van der Waals surface area contributed by atoms with Crippen LogP contribution >= 0.6 is 11.6 Å². The van der Waals surface area contributed by atoms with Crippen LogP contribution in [0, 0.1) is 5.92 Å². The van der Waals surface area contributed by atoms with Gasteiger partial charge in [-0.2, -0.15) is 0 Å². The Morgan fingerprint density at radius 2 is 2.05 bits per heavy atom. The second kappa shape index (κ2) is 4.88. The smallest absolute Gasteiger partial charge is 0.0957 e. The Hall–Kier alpha value is -1.35. The molecule has 0 radical (unpaired) electrons. The number of hydrogen-bond donors (Lipinski definition) is 1. The van der Waals surface area contributed by atoms with Gasteiger partial charge in [0.25, 0.3) is 0 Å². The van der Waals surface area contributed by atoms with Crippen LogP contribution in [0.5, 0.6) is 0 Å². The van der Waals surface area contributed by atoms with Crippen LogP contribution in [0.1, 0.15) is 17.2 Å². The average Bonchev–Trinajstić information content (AvgIpc) is 2.66. The van der Waals surface area contributed by atoms with Crippen molar-refractivity contribution < 1.29 is 4.74 Å². The van der Waals surface area contributed by atoms with Crippen molar-refractivity contribution in [1.29, 1.82) is 0 Å². The van der Waals surface area contributed by atoms with Gasteiger partial charge in [0.1, 0.15) is 0 Å². The van der Waals surface area contributed by atoms with E-state index in [1.54, 1.807) is 0 Å². The molecule has 1 aliphatic heterocycles. The number of allylic oxidation sites excluding steroid dienone is 2. The third-order valence-corrected chi connectivity index (χ3v) is 4.50. The zero-order valence-corrected chi connectivity index (χ0v) is 11.8. The first kappa shape index (κ1) is 12.4. The topological polar surface area (TPSA) is 21.3 Å². The second-order valence-corrected chi connectivity index (χ2v) is 5.95. The molecule has 4 rings (SSSR count). The normalized spacial score (nSPS) is 34.5. The number of benzene rings is 1. The van der Waals surface area contributed by atoms with E-state index in [1.807, 2.05) is 12.2 Å². The number of hydrogen-bond acceptors (Lipinski definition) is 2. The predicted molar refractivity (Wildman–Crippen MR) is 81.4 cm³/mol. The lowest BCUT2D eigenvalue weighted by molar-refractivity contribution is -0.00351. The molecule has 102 valence electrons. The maximum Gasteiger partial charge on any atom is 0.0957 e. The number of fused-ring (bicyclic) bond motifs is 4. The summed E-state index contributed by atoms with van der Waals surface area (Å²) in [7, 11) is 0. The predicted octanol–water partition coefficient (Wildman–Crippen LogP) is 3.42. The molecule has 3 heteroatoms. The summed E-state index contributed by atoms with van der Waals surface area (Å²) in [4.78, 5) is 0. The summed E-state index contributed by atoms with van der Waals surface area (Å²) in [6, 6.07) is 8.64. The lowest BCUT2D eigenvalue weighted by Gasteiger charge is -2.30. The highest BCUT2D eigenvalue weighted by Crippen LogP contribution is 2.38. The van der Waals surface area contributed by atoms with Crippen LogP contribution in [0.3, 0.4) is 0 Å². The van der Waals surface area contributed by atoms with Crippen LogP contribution in [-0.2, 0) is 4.74 Å². The van der Waals surface area contributed by atoms with E-state index < -0.39 is 0 Å². The first-order valence-electron chi connectivity index (χ1n) is 7.03. The molecule has 1 saturated heterocycles. The molecule has 0 aromatic heterocycles. The van der Waals surface area contributed by atoms with Crippen molar-refractivity contribution >= 4 is 17.7 Å². The SMILES string of the molecule is ClC1=CC2NCC3C=Cc4ccccc4C3OC2C=C1. The van der Waals surface area contributed by atoms with E-state index in [1.165, 1.54) is 11.1 Å². The molecule has 0 saturated carbocycles. The van der Waals surface area contributed by atoms with E-state index in [0.29, 0.717) is 5.92 Å². The number of nitrogens with one attached hydrogen (secondary N) is 1. The van der Waals surface area contributed by atoms with Gasteiger partial charge in [0.2, 0.25) is 0 Å². The van der Waals surface area contributed by atoms with Crippen molar-refractivity contribution in [2.24, 2.45) is 5.92 Å². The van der Waals surface area contributed by atoms with E-state index in [4.69, 9.17) is 16.3 Å². The van der Waals surface area contributed by atoms with E-state index in [0.717, 1.165) is 11.6 Å². The molecule has 0 spiro atoms. The van der Waals surface area contributed by atoms with Gasteiger partial charge < -0.3 is 10.1 Å². The highest BCUT2D eigenvalue weighted by atomic mass is 35.5. The van der Waals surface area contributed by atoms with E-state index in [9.17, 15) is 0 Å². The highest BCUT2D eigenvalue weighted by Gasteiger charge is 2.35. The zero-order valence-electron chi connectivity index (χ0n) is 11.0. The van der Waals surface area contributed by atoms with Crippen molar-refractivity contribution in [3.8, 4) is 0 Å². The average molecular weight is 286 g/mol. The minimum Gasteiger partial charge on any atom is -0.364 e. The van der Waals surface area contributed by atoms with E-state index >= 15 is 0 Å². The van der Waals surface area contributed by atoms with Crippen LogP contribution in [0.15, 0.2) is 53.6 Å². The number of halogens is 1. The van der Waals surface area contributed by atoms with Gasteiger partial charge in [-0.15, -0.1) is 0 Å². The lowest BCUT2D eigenvalue weighted by Crippen LogP contribution is -2.38. The summed E-state index contributed by atoms with van der Waals surface area (Å²) in [6.07, 6.45) is 10.7. The standard InChI is InChI=1S/C17H16ClNO/c18-13-7-8-16-15(9-13)19-10-12-6-5-11-3-1-2-4-14(11)17(12)20-16/h1-9,12,15-17,19H,10H2. The molecule has 1 heterocycles. The van der Waals surface area contributed by atoms with Crippen LogP contribution in [-0.4, -0.2) is 18.7 Å². The third kappa shape index (κ3) is 2.05. The molecule has 1 aromatic carbocycles. The number of rotatable bonds is 0. The Balaban J connectivity index is 1.70. The molecular formula is C17H16ClNO. The monoisotopic (exact) mass is 285 g/mol. The molecule has 3 aliphatic rings. The third-order valence-electron chi connectivity index (χ3n) is 4.25. The second-order valence-electron chi connectivity index (χ2n) is 5.52. The summed E-state index contributed by atoms with van der Waals surface area (Å²) in [6.45, 7) is 0.908. The largest absolute Gasteiger partial charge is 0.364 e. The quantitative estimate of drug-likeness (QED) is 0.789. The molecule has 4 unspecified atom stereocenters. The fraction of sp³-hybridized carbons (Fsp3) is 0.294. The van der Waals surface area contributed by atoms with E-state index in [2.05, 4.69) is 47.8 Å². The fourth-order valence-electron chi connectivity index (χ4n) is 3.20. The number of ether oxygens (including phenoxy) is 1. The molecule has 20 heavy (non-hydrogen) atoms. The molecule has 0 bridgehead atoms. The molecule has 1 fully saturated rings. The van der Waals surface area contributed by atoms with Crippen molar-refractivity contribution in [1.82, 2.24) is 5.32 Å². The van der Waals surface area contributed by atoms with Crippen LogP contribution in [0.25, 0.3) is 6.08 Å². The van der Waals surface area contributed by atoms with Gasteiger partial charge in [0, 0.05) is 17.5 Å². The summed E-state index contributed by atoms with van der Waals surface area (Å²) in [5.74, 6) is 0.371.